The number of ether oxygens (including phenoxy) is 1. The zero-order valence-corrected chi connectivity index (χ0v) is 16.9. The van der Waals surface area contributed by atoms with Crippen LogP contribution in [-0.4, -0.2) is 31.1 Å². The SMILES string of the molecule is FC(F)(F)CSc1cc2c(c(CN[C@H]3CCCN[C@H]3c3ccccc3)c1)OCC2. The zero-order chi connectivity index (χ0) is 20.3. The van der Waals surface area contributed by atoms with Crippen molar-refractivity contribution in [3.63, 3.8) is 0 Å². The number of nitrogens with one attached hydrogen (secondary N) is 2. The maximum atomic E-state index is 12.6. The summed E-state index contributed by atoms with van der Waals surface area (Å²) in [5, 5.41) is 7.24. The topological polar surface area (TPSA) is 33.3 Å². The van der Waals surface area contributed by atoms with Gasteiger partial charge in [0, 0.05) is 35.5 Å². The molecule has 2 N–H and O–H groups in total. The maximum absolute atomic E-state index is 12.6. The molecular formula is C22H25F3N2OS. The Kier molecular flexibility index (Phi) is 6.37. The molecule has 4 rings (SSSR count). The number of hydrogen-bond donors (Lipinski definition) is 2. The Morgan fingerprint density at radius 3 is 2.79 bits per heavy atom. The molecular weight excluding hydrogens is 397 g/mol. The minimum Gasteiger partial charge on any atom is -0.493 e. The lowest BCUT2D eigenvalue weighted by molar-refractivity contribution is -0.105. The predicted molar refractivity (Wildman–Crippen MR) is 109 cm³/mol. The van der Waals surface area contributed by atoms with Crippen LogP contribution in [0.3, 0.4) is 0 Å². The molecule has 0 aliphatic carbocycles. The molecule has 0 unspecified atom stereocenters. The fourth-order valence-electron chi connectivity index (χ4n) is 4.10. The molecule has 1 saturated heterocycles. The number of thioether (sulfide) groups is 1. The number of hydrogen-bond acceptors (Lipinski definition) is 4. The van der Waals surface area contributed by atoms with Gasteiger partial charge in [-0.05, 0) is 42.6 Å². The fraction of sp³-hybridized carbons (Fsp3) is 0.455. The molecule has 0 saturated carbocycles. The van der Waals surface area contributed by atoms with Crippen molar-refractivity contribution in [3.05, 3.63) is 59.2 Å². The van der Waals surface area contributed by atoms with Gasteiger partial charge in [0.1, 0.15) is 5.75 Å². The van der Waals surface area contributed by atoms with Crippen molar-refractivity contribution in [1.29, 1.82) is 0 Å². The second-order valence-corrected chi connectivity index (χ2v) is 8.59. The first-order valence-electron chi connectivity index (χ1n) is 9.99. The lowest BCUT2D eigenvalue weighted by Crippen LogP contribution is -2.45. The summed E-state index contributed by atoms with van der Waals surface area (Å²) >= 11 is 0.846. The van der Waals surface area contributed by atoms with Gasteiger partial charge in [-0.1, -0.05) is 30.3 Å². The van der Waals surface area contributed by atoms with Crippen LogP contribution in [0.1, 0.15) is 35.6 Å². The Morgan fingerprint density at radius 1 is 1.17 bits per heavy atom. The van der Waals surface area contributed by atoms with Gasteiger partial charge in [0.15, 0.2) is 0 Å². The monoisotopic (exact) mass is 422 g/mol. The van der Waals surface area contributed by atoms with Crippen molar-refractivity contribution in [2.24, 2.45) is 0 Å². The van der Waals surface area contributed by atoms with E-state index in [1.165, 1.54) is 5.56 Å². The number of rotatable bonds is 6. The third-order valence-electron chi connectivity index (χ3n) is 5.41. The molecule has 2 aliphatic rings. The van der Waals surface area contributed by atoms with Crippen LogP contribution in [0.15, 0.2) is 47.4 Å². The van der Waals surface area contributed by atoms with Gasteiger partial charge in [-0.2, -0.15) is 13.2 Å². The maximum Gasteiger partial charge on any atom is 0.398 e. The normalized spacial score (nSPS) is 21.6. The largest absolute Gasteiger partial charge is 0.493 e. The highest BCUT2D eigenvalue weighted by Gasteiger charge is 2.29. The number of halogens is 3. The Hall–Kier alpha value is -1.70. The first kappa shape index (κ1) is 20.6. The summed E-state index contributed by atoms with van der Waals surface area (Å²) in [6, 6.07) is 14.5. The van der Waals surface area contributed by atoms with Crippen LogP contribution in [0, 0.1) is 0 Å². The quantitative estimate of drug-likeness (QED) is 0.652. The summed E-state index contributed by atoms with van der Waals surface area (Å²) in [7, 11) is 0. The van der Waals surface area contributed by atoms with Gasteiger partial charge in [0.25, 0.3) is 0 Å². The van der Waals surface area contributed by atoms with Crippen molar-refractivity contribution in [2.75, 3.05) is 18.9 Å². The number of piperidine rings is 1. The Balaban J connectivity index is 1.49. The van der Waals surface area contributed by atoms with Gasteiger partial charge in [-0.15, -0.1) is 11.8 Å². The van der Waals surface area contributed by atoms with Crippen molar-refractivity contribution in [3.8, 4) is 5.75 Å². The van der Waals surface area contributed by atoms with Gasteiger partial charge in [-0.3, -0.25) is 0 Å². The summed E-state index contributed by atoms with van der Waals surface area (Å²) < 4.78 is 43.7. The minimum atomic E-state index is -4.17. The molecule has 0 spiro atoms. The Labute approximate surface area is 173 Å². The first-order chi connectivity index (χ1) is 14.0. The minimum absolute atomic E-state index is 0.224. The van der Waals surface area contributed by atoms with Crippen LogP contribution in [0.5, 0.6) is 5.75 Å². The molecule has 0 radical (unpaired) electrons. The molecule has 0 bridgehead atoms. The van der Waals surface area contributed by atoms with E-state index >= 15 is 0 Å². The second-order valence-electron chi connectivity index (χ2n) is 7.55. The molecule has 0 aromatic heterocycles. The summed E-state index contributed by atoms with van der Waals surface area (Å²) in [6.07, 6.45) is -1.27. The molecule has 2 aliphatic heterocycles. The van der Waals surface area contributed by atoms with Gasteiger partial charge in [-0.25, -0.2) is 0 Å². The van der Waals surface area contributed by atoms with E-state index in [9.17, 15) is 13.2 Å². The van der Waals surface area contributed by atoms with E-state index in [-0.39, 0.29) is 12.1 Å². The van der Waals surface area contributed by atoms with Gasteiger partial charge in [0.2, 0.25) is 0 Å². The van der Waals surface area contributed by atoms with Gasteiger partial charge >= 0.3 is 6.18 Å². The van der Waals surface area contributed by atoms with E-state index in [1.54, 1.807) is 0 Å². The highest BCUT2D eigenvalue weighted by atomic mass is 32.2. The van der Waals surface area contributed by atoms with E-state index in [1.807, 2.05) is 30.3 Å². The highest BCUT2D eigenvalue weighted by Crippen LogP contribution is 2.36. The van der Waals surface area contributed by atoms with Crippen LogP contribution in [0.25, 0.3) is 0 Å². The molecule has 0 amide bonds. The molecule has 2 aromatic carbocycles. The number of benzene rings is 2. The van der Waals surface area contributed by atoms with Crippen molar-refractivity contribution in [2.45, 2.75) is 49.0 Å². The van der Waals surface area contributed by atoms with Crippen LogP contribution in [0.2, 0.25) is 0 Å². The van der Waals surface area contributed by atoms with E-state index in [4.69, 9.17) is 4.74 Å². The molecule has 2 heterocycles. The van der Waals surface area contributed by atoms with Gasteiger partial charge in [0.05, 0.1) is 12.4 Å². The van der Waals surface area contributed by atoms with Crippen LogP contribution >= 0.6 is 11.8 Å². The van der Waals surface area contributed by atoms with Crippen LogP contribution < -0.4 is 15.4 Å². The Morgan fingerprint density at radius 2 is 2.00 bits per heavy atom. The van der Waals surface area contributed by atoms with Crippen molar-refractivity contribution >= 4 is 11.8 Å². The molecule has 2 atom stereocenters. The third kappa shape index (κ3) is 5.27. The van der Waals surface area contributed by atoms with Crippen LogP contribution in [0.4, 0.5) is 13.2 Å². The van der Waals surface area contributed by atoms with Crippen molar-refractivity contribution < 1.29 is 17.9 Å². The first-order valence-corrected chi connectivity index (χ1v) is 11.0. The lowest BCUT2D eigenvalue weighted by Gasteiger charge is -2.34. The summed E-state index contributed by atoms with van der Waals surface area (Å²) in [6.45, 7) is 2.16. The third-order valence-corrected chi connectivity index (χ3v) is 6.45. The standard InChI is InChI=1S/C22H25F3N2OS/c23-22(24,25)14-29-18-11-16-8-10-28-21(16)17(12-18)13-27-19-7-4-9-26-20(19)15-5-2-1-3-6-15/h1-3,5-6,11-12,19-20,26-27H,4,7-10,13-14H2/t19-,20-/m0/s1. The molecule has 1 fully saturated rings. The summed E-state index contributed by atoms with van der Waals surface area (Å²) in [5.41, 5.74) is 3.21. The number of alkyl halides is 3. The van der Waals surface area contributed by atoms with E-state index in [2.05, 4.69) is 22.8 Å². The smallest absolute Gasteiger partial charge is 0.398 e. The zero-order valence-electron chi connectivity index (χ0n) is 16.1. The van der Waals surface area contributed by atoms with Crippen LogP contribution in [-0.2, 0) is 13.0 Å². The molecule has 156 valence electrons. The highest BCUT2D eigenvalue weighted by molar-refractivity contribution is 7.99. The average Bonchev–Trinajstić information content (AvgIpc) is 3.20. The summed E-state index contributed by atoms with van der Waals surface area (Å²) in [4.78, 5) is 0.657. The number of fused-ring (bicyclic) bond motifs is 1. The lowest BCUT2D eigenvalue weighted by atomic mass is 9.92. The van der Waals surface area contributed by atoms with E-state index in [0.717, 1.165) is 54.4 Å². The molecule has 29 heavy (non-hydrogen) atoms. The second kappa shape index (κ2) is 8.98. The molecule has 3 nitrogen and oxygen atoms in total. The molecule has 7 heteroatoms. The van der Waals surface area contributed by atoms with E-state index < -0.39 is 11.9 Å². The van der Waals surface area contributed by atoms with E-state index in [0.29, 0.717) is 18.0 Å². The summed E-state index contributed by atoms with van der Waals surface area (Å²) in [5.74, 6) is -0.0313. The van der Waals surface area contributed by atoms with Crippen molar-refractivity contribution in [1.82, 2.24) is 10.6 Å². The predicted octanol–water partition coefficient (Wildman–Crippen LogP) is 4.86. The fourth-order valence-corrected chi connectivity index (χ4v) is 4.88. The van der Waals surface area contributed by atoms with Gasteiger partial charge < -0.3 is 15.4 Å². The molecule has 2 aromatic rings. The Bertz CT molecular complexity index is 829. The average molecular weight is 423 g/mol.